The number of likely N-dealkylation sites (N-methyl/N-ethyl adjacent to an activating group) is 1. The van der Waals surface area contributed by atoms with Crippen molar-refractivity contribution in [1.29, 1.82) is 0 Å². The predicted molar refractivity (Wildman–Crippen MR) is 133 cm³/mol. The van der Waals surface area contributed by atoms with Crippen molar-refractivity contribution in [2.45, 2.75) is 38.6 Å². The van der Waals surface area contributed by atoms with Gasteiger partial charge in [0.1, 0.15) is 18.4 Å². The minimum Gasteiger partial charge on any atom is -0.493 e. The third kappa shape index (κ3) is 7.18. The maximum Gasteiger partial charge on any atom is 0.223 e. The van der Waals surface area contributed by atoms with Gasteiger partial charge in [-0.25, -0.2) is 4.98 Å². The fourth-order valence-electron chi connectivity index (χ4n) is 4.91. The second-order valence-electron chi connectivity index (χ2n) is 9.79. The van der Waals surface area contributed by atoms with E-state index in [9.17, 15) is 9.59 Å². The number of amides is 2. The summed E-state index contributed by atoms with van der Waals surface area (Å²) in [6.45, 7) is 5.51. The first-order valence-corrected chi connectivity index (χ1v) is 12.8. The van der Waals surface area contributed by atoms with Gasteiger partial charge in [-0.15, -0.1) is 0 Å². The number of ether oxygens (including phenoxy) is 1. The second-order valence-corrected chi connectivity index (χ2v) is 10.2. The number of aryl methyl sites for hydroxylation is 1. The Bertz CT molecular complexity index is 979. The minimum absolute atomic E-state index is 0.115. The lowest BCUT2D eigenvalue weighted by Crippen LogP contribution is -2.53. The quantitative estimate of drug-likeness (QED) is 0.524. The van der Waals surface area contributed by atoms with Gasteiger partial charge in [-0.3, -0.25) is 14.3 Å². The predicted octanol–water partition coefficient (Wildman–Crippen LogP) is 2.56. The van der Waals surface area contributed by atoms with E-state index in [-0.39, 0.29) is 11.8 Å². The number of hydrogen-bond acceptors (Lipinski definition) is 6. The summed E-state index contributed by atoms with van der Waals surface area (Å²) in [4.78, 5) is 36.5. The fourth-order valence-corrected chi connectivity index (χ4v) is 5.09. The molecule has 1 atom stereocenters. The smallest absolute Gasteiger partial charge is 0.223 e. The SMILES string of the molecule is CN1CCN(C(=O)C[C@@]2(COc3cccc(Cl)c3)CCCN(C(=O)CCCn3cncn3)C2)CC1. The third-order valence-corrected chi connectivity index (χ3v) is 7.22. The van der Waals surface area contributed by atoms with E-state index < -0.39 is 5.41 Å². The molecule has 0 unspecified atom stereocenters. The summed E-state index contributed by atoms with van der Waals surface area (Å²) < 4.78 is 7.91. The molecule has 4 rings (SSSR count). The molecule has 190 valence electrons. The first kappa shape index (κ1) is 25.4. The summed E-state index contributed by atoms with van der Waals surface area (Å²) in [6, 6.07) is 7.32. The number of benzene rings is 1. The van der Waals surface area contributed by atoms with Crippen LogP contribution in [0, 0.1) is 5.41 Å². The van der Waals surface area contributed by atoms with Gasteiger partial charge in [0.15, 0.2) is 0 Å². The molecule has 2 aromatic rings. The summed E-state index contributed by atoms with van der Waals surface area (Å²) in [5, 5.41) is 4.71. The molecule has 0 spiro atoms. The summed E-state index contributed by atoms with van der Waals surface area (Å²) in [5.41, 5.74) is -0.428. The highest BCUT2D eigenvalue weighted by atomic mass is 35.5. The number of nitrogens with zero attached hydrogens (tertiary/aromatic N) is 6. The van der Waals surface area contributed by atoms with Crippen LogP contribution in [0.15, 0.2) is 36.9 Å². The van der Waals surface area contributed by atoms with Crippen molar-refractivity contribution in [1.82, 2.24) is 29.5 Å². The molecule has 9 nitrogen and oxygen atoms in total. The summed E-state index contributed by atoms with van der Waals surface area (Å²) >= 11 is 6.14. The van der Waals surface area contributed by atoms with Crippen LogP contribution >= 0.6 is 11.6 Å². The molecular formula is C25H35ClN6O3. The zero-order chi connectivity index (χ0) is 24.7. The minimum atomic E-state index is -0.428. The lowest BCUT2D eigenvalue weighted by atomic mass is 9.77. The maximum absolute atomic E-state index is 13.3. The molecule has 0 aliphatic carbocycles. The van der Waals surface area contributed by atoms with Crippen LogP contribution in [0.3, 0.4) is 0 Å². The molecule has 0 bridgehead atoms. The largest absolute Gasteiger partial charge is 0.493 e. The Balaban J connectivity index is 1.41. The number of hydrogen-bond donors (Lipinski definition) is 0. The van der Waals surface area contributed by atoms with Crippen LogP contribution in [-0.4, -0.2) is 94.2 Å². The van der Waals surface area contributed by atoms with Crippen molar-refractivity contribution in [3.63, 3.8) is 0 Å². The van der Waals surface area contributed by atoms with Gasteiger partial charge in [0.25, 0.3) is 0 Å². The first-order chi connectivity index (χ1) is 16.9. The molecule has 1 aromatic heterocycles. The third-order valence-electron chi connectivity index (χ3n) is 6.98. The topological polar surface area (TPSA) is 83.8 Å². The summed E-state index contributed by atoms with van der Waals surface area (Å²) in [6.07, 6.45) is 6.37. The van der Waals surface area contributed by atoms with Crippen LogP contribution in [0.5, 0.6) is 5.75 Å². The summed E-state index contributed by atoms with van der Waals surface area (Å²) in [5.74, 6) is 0.942. The van der Waals surface area contributed by atoms with Crippen molar-refractivity contribution >= 4 is 23.4 Å². The summed E-state index contributed by atoms with van der Waals surface area (Å²) in [7, 11) is 2.08. The van der Waals surface area contributed by atoms with Gasteiger partial charge < -0.3 is 19.4 Å². The molecule has 3 heterocycles. The van der Waals surface area contributed by atoms with Crippen LogP contribution in [-0.2, 0) is 16.1 Å². The van der Waals surface area contributed by atoms with Crippen LogP contribution in [0.1, 0.15) is 32.1 Å². The molecule has 2 saturated heterocycles. The van der Waals surface area contributed by atoms with Crippen molar-refractivity contribution < 1.29 is 14.3 Å². The number of likely N-dealkylation sites (tertiary alicyclic amines) is 1. The Morgan fingerprint density at radius 2 is 1.94 bits per heavy atom. The van der Waals surface area contributed by atoms with E-state index in [4.69, 9.17) is 16.3 Å². The average molecular weight is 503 g/mol. The van der Waals surface area contributed by atoms with Gasteiger partial charge in [0.05, 0.1) is 6.61 Å². The Kier molecular flexibility index (Phi) is 8.62. The van der Waals surface area contributed by atoms with E-state index in [1.165, 1.54) is 6.33 Å². The number of rotatable bonds is 9. The van der Waals surface area contributed by atoms with Crippen molar-refractivity contribution in [2.75, 3.05) is 52.9 Å². The van der Waals surface area contributed by atoms with Crippen molar-refractivity contribution in [3.8, 4) is 5.75 Å². The van der Waals surface area contributed by atoms with Gasteiger partial charge in [0, 0.05) is 69.1 Å². The van der Waals surface area contributed by atoms with Crippen molar-refractivity contribution in [3.05, 3.63) is 41.9 Å². The van der Waals surface area contributed by atoms with Gasteiger partial charge in [-0.1, -0.05) is 17.7 Å². The second kappa shape index (κ2) is 11.9. The maximum atomic E-state index is 13.3. The lowest BCUT2D eigenvalue weighted by molar-refractivity contribution is -0.142. The van der Waals surface area contributed by atoms with Gasteiger partial charge >= 0.3 is 0 Å². The number of aromatic nitrogens is 3. The van der Waals surface area contributed by atoms with Crippen LogP contribution in [0.4, 0.5) is 0 Å². The highest BCUT2D eigenvalue weighted by Gasteiger charge is 2.41. The molecule has 0 saturated carbocycles. The highest BCUT2D eigenvalue weighted by molar-refractivity contribution is 6.30. The van der Waals surface area contributed by atoms with E-state index in [1.807, 2.05) is 21.9 Å². The normalized spacial score (nSPS) is 21.2. The Labute approximate surface area is 212 Å². The Morgan fingerprint density at radius 3 is 2.69 bits per heavy atom. The average Bonchev–Trinajstić information content (AvgIpc) is 3.37. The lowest BCUT2D eigenvalue weighted by Gasteiger charge is -2.43. The molecule has 0 radical (unpaired) electrons. The molecular weight excluding hydrogens is 468 g/mol. The monoisotopic (exact) mass is 502 g/mol. The molecule has 2 fully saturated rings. The number of piperazine rings is 1. The van der Waals surface area contributed by atoms with Crippen LogP contribution in [0.2, 0.25) is 5.02 Å². The molecule has 2 aliphatic rings. The number of carbonyl (C=O) groups excluding carboxylic acids is 2. The Hall–Kier alpha value is -2.65. The number of piperidine rings is 1. The van der Waals surface area contributed by atoms with Gasteiger partial charge in [0.2, 0.25) is 11.8 Å². The standard InChI is InChI=1S/C25H35ClN6O3/c1-29-11-13-30(14-12-29)24(34)16-25(18-35-22-6-2-5-21(26)15-22)8-4-9-31(17-25)23(33)7-3-10-32-20-27-19-28-32/h2,5-6,15,19-20H,3-4,7-14,16-18H2,1H3/t25-/m0/s1. The molecule has 2 amide bonds. The molecule has 10 heteroatoms. The first-order valence-electron chi connectivity index (χ1n) is 12.4. The molecule has 35 heavy (non-hydrogen) atoms. The van der Waals surface area contributed by atoms with Gasteiger partial charge in [-0.05, 0) is 44.5 Å². The van der Waals surface area contributed by atoms with E-state index in [2.05, 4.69) is 22.0 Å². The van der Waals surface area contributed by atoms with Crippen LogP contribution < -0.4 is 4.74 Å². The molecule has 2 aliphatic heterocycles. The molecule has 0 N–H and O–H groups in total. The van der Waals surface area contributed by atoms with Gasteiger partial charge in [-0.2, -0.15) is 5.10 Å². The molecule has 1 aromatic carbocycles. The van der Waals surface area contributed by atoms with E-state index in [0.717, 1.165) is 39.0 Å². The van der Waals surface area contributed by atoms with Crippen LogP contribution in [0.25, 0.3) is 0 Å². The van der Waals surface area contributed by atoms with E-state index >= 15 is 0 Å². The zero-order valence-electron chi connectivity index (χ0n) is 20.4. The zero-order valence-corrected chi connectivity index (χ0v) is 21.2. The van der Waals surface area contributed by atoms with E-state index in [1.54, 1.807) is 23.1 Å². The van der Waals surface area contributed by atoms with Crippen molar-refractivity contribution in [2.24, 2.45) is 5.41 Å². The fraction of sp³-hybridized carbons (Fsp3) is 0.600. The number of carbonyl (C=O) groups is 2. The number of halogens is 1. The highest BCUT2D eigenvalue weighted by Crippen LogP contribution is 2.36. The Morgan fingerprint density at radius 1 is 1.11 bits per heavy atom. The van der Waals surface area contributed by atoms with E-state index in [0.29, 0.717) is 56.3 Å².